The highest BCUT2D eigenvalue weighted by atomic mass is 32.2. The first kappa shape index (κ1) is 17.9. The van der Waals surface area contributed by atoms with Gasteiger partial charge in [0.1, 0.15) is 11.1 Å². The highest BCUT2D eigenvalue weighted by Crippen LogP contribution is 2.50. The molecule has 2 heterocycles. The monoisotopic (exact) mass is 400 g/mol. The van der Waals surface area contributed by atoms with Gasteiger partial charge in [0.2, 0.25) is 5.91 Å². The minimum absolute atomic E-state index is 0.0926. The number of nitrogens with one attached hydrogen (secondary N) is 1. The Labute approximate surface area is 173 Å². The van der Waals surface area contributed by atoms with Gasteiger partial charge in [-0.1, -0.05) is 60.7 Å². The Morgan fingerprint density at radius 3 is 2.38 bits per heavy atom. The average Bonchev–Trinajstić information content (AvgIpc) is 3.27. The Morgan fingerprint density at radius 2 is 1.62 bits per heavy atom. The molecule has 4 nitrogen and oxygen atoms in total. The molecule has 4 aromatic rings. The largest absolute Gasteiger partial charge is 0.508 e. The zero-order chi connectivity index (χ0) is 20.0. The number of thioether (sulfide) groups is 1. The molecular weight excluding hydrogens is 380 g/mol. The maximum atomic E-state index is 13.3. The molecule has 5 rings (SSSR count). The quantitative estimate of drug-likeness (QED) is 0.463. The second kappa shape index (κ2) is 7.01. The van der Waals surface area contributed by atoms with Crippen LogP contribution in [-0.4, -0.2) is 21.2 Å². The van der Waals surface area contributed by atoms with Crippen LogP contribution in [0.5, 0.6) is 5.75 Å². The van der Waals surface area contributed by atoms with Gasteiger partial charge in [0.05, 0.1) is 16.6 Å². The number of hydrogen-bond acceptors (Lipinski definition) is 3. The Bertz CT molecular complexity index is 1180. The number of carbonyl (C=O) groups is 1. The van der Waals surface area contributed by atoms with Crippen LogP contribution in [0, 0.1) is 0 Å². The summed E-state index contributed by atoms with van der Waals surface area (Å²) < 4.78 is 0. The molecule has 1 amide bonds. The number of rotatable bonds is 3. The number of para-hydroxylation sites is 1. The molecule has 1 fully saturated rings. The second-order valence-corrected chi connectivity index (χ2v) is 8.62. The molecule has 1 aliphatic heterocycles. The number of anilines is 1. The number of H-pyrrole nitrogens is 1. The van der Waals surface area contributed by atoms with E-state index in [2.05, 4.69) is 23.2 Å². The van der Waals surface area contributed by atoms with Gasteiger partial charge in [-0.2, -0.15) is 0 Å². The van der Waals surface area contributed by atoms with E-state index in [1.165, 1.54) is 0 Å². The molecule has 1 saturated heterocycles. The van der Waals surface area contributed by atoms with Crippen LogP contribution in [0.4, 0.5) is 5.69 Å². The van der Waals surface area contributed by atoms with Crippen molar-refractivity contribution >= 4 is 34.3 Å². The molecule has 29 heavy (non-hydrogen) atoms. The smallest absolute Gasteiger partial charge is 0.241 e. The van der Waals surface area contributed by atoms with Gasteiger partial charge in [-0.15, -0.1) is 11.8 Å². The molecule has 1 aromatic heterocycles. The summed E-state index contributed by atoms with van der Waals surface area (Å²) in [6.07, 6.45) is 0. The number of fused-ring (bicyclic) bond motifs is 1. The van der Waals surface area contributed by atoms with E-state index in [1.807, 2.05) is 60.4 Å². The lowest BCUT2D eigenvalue weighted by molar-refractivity contribution is -0.117. The van der Waals surface area contributed by atoms with Gasteiger partial charge in [-0.25, -0.2) is 0 Å². The lowest BCUT2D eigenvalue weighted by Gasteiger charge is -2.25. The SMILES string of the molecule is CC1SC(c2ccc(O)cc2)N(c2c(-c3ccccc3)[nH]c3ccccc23)C1=O. The summed E-state index contributed by atoms with van der Waals surface area (Å²) >= 11 is 1.63. The number of aromatic amines is 1. The number of carbonyl (C=O) groups excluding carboxylic acids is 1. The molecule has 0 aliphatic carbocycles. The summed E-state index contributed by atoms with van der Waals surface area (Å²) in [5.74, 6) is 0.315. The standard InChI is InChI=1S/C24H20N2O2S/c1-15-23(28)26(24(29-15)17-11-13-18(27)14-12-17)22-19-9-5-6-10-20(19)25-21(22)16-7-3-2-4-8-16/h2-15,24-25,27H,1H3. The fraction of sp³-hybridized carbons (Fsp3) is 0.125. The maximum absolute atomic E-state index is 13.3. The molecule has 0 radical (unpaired) electrons. The number of phenolic OH excluding ortho intramolecular Hbond substituents is 1. The van der Waals surface area contributed by atoms with Crippen LogP contribution >= 0.6 is 11.8 Å². The topological polar surface area (TPSA) is 56.3 Å². The average molecular weight is 401 g/mol. The number of nitrogens with zero attached hydrogens (tertiary/aromatic N) is 1. The van der Waals surface area contributed by atoms with Crippen molar-refractivity contribution in [2.75, 3.05) is 4.90 Å². The van der Waals surface area contributed by atoms with Crippen LogP contribution in [0.15, 0.2) is 78.9 Å². The highest BCUT2D eigenvalue weighted by molar-refractivity contribution is 8.01. The summed E-state index contributed by atoms with van der Waals surface area (Å²) in [7, 11) is 0. The number of hydrogen-bond donors (Lipinski definition) is 2. The molecule has 1 aliphatic rings. The van der Waals surface area contributed by atoms with Gasteiger partial charge in [0, 0.05) is 16.5 Å². The summed E-state index contributed by atoms with van der Waals surface area (Å²) in [5, 5.41) is 10.4. The first-order chi connectivity index (χ1) is 14.1. The van der Waals surface area contributed by atoms with Gasteiger partial charge in [-0.05, 0) is 30.7 Å². The summed E-state index contributed by atoms with van der Waals surface area (Å²) in [6, 6.07) is 25.3. The number of benzene rings is 3. The molecule has 3 aromatic carbocycles. The van der Waals surface area contributed by atoms with Crippen LogP contribution in [-0.2, 0) is 4.79 Å². The molecule has 0 bridgehead atoms. The predicted molar refractivity (Wildman–Crippen MR) is 119 cm³/mol. The van der Waals surface area contributed by atoms with E-state index in [4.69, 9.17) is 0 Å². The van der Waals surface area contributed by atoms with Crippen molar-refractivity contribution in [3.8, 4) is 17.0 Å². The normalized spacial score (nSPS) is 19.2. The molecule has 0 saturated carbocycles. The number of aromatic nitrogens is 1. The van der Waals surface area contributed by atoms with Crippen LogP contribution in [0.25, 0.3) is 22.2 Å². The number of amides is 1. The Balaban J connectivity index is 1.74. The van der Waals surface area contributed by atoms with Gasteiger partial charge in [0.15, 0.2) is 0 Å². The predicted octanol–water partition coefficient (Wildman–Crippen LogP) is 5.71. The van der Waals surface area contributed by atoms with Gasteiger partial charge in [-0.3, -0.25) is 9.69 Å². The van der Waals surface area contributed by atoms with Gasteiger partial charge < -0.3 is 10.1 Å². The van der Waals surface area contributed by atoms with E-state index < -0.39 is 0 Å². The van der Waals surface area contributed by atoms with Crippen LogP contribution in [0.1, 0.15) is 17.9 Å². The first-order valence-corrected chi connectivity index (χ1v) is 10.5. The van der Waals surface area contributed by atoms with Crippen LogP contribution < -0.4 is 4.90 Å². The zero-order valence-electron chi connectivity index (χ0n) is 15.9. The van der Waals surface area contributed by atoms with Crippen molar-refractivity contribution in [3.05, 3.63) is 84.4 Å². The highest BCUT2D eigenvalue weighted by Gasteiger charge is 2.41. The number of phenols is 1. The van der Waals surface area contributed by atoms with Crippen molar-refractivity contribution in [2.24, 2.45) is 0 Å². The summed E-state index contributed by atoms with van der Waals surface area (Å²) in [5.41, 5.74) is 4.89. The lowest BCUT2D eigenvalue weighted by atomic mass is 10.1. The molecular formula is C24H20N2O2S. The third kappa shape index (κ3) is 2.98. The van der Waals surface area contributed by atoms with E-state index in [0.29, 0.717) is 0 Å². The summed E-state index contributed by atoms with van der Waals surface area (Å²) in [6.45, 7) is 1.96. The molecule has 0 spiro atoms. The van der Waals surface area contributed by atoms with E-state index >= 15 is 0 Å². The minimum Gasteiger partial charge on any atom is -0.508 e. The van der Waals surface area contributed by atoms with E-state index in [-0.39, 0.29) is 22.3 Å². The third-order valence-electron chi connectivity index (χ3n) is 5.31. The van der Waals surface area contributed by atoms with Crippen molar-refractivity contribution in [1.29, 1.82) is 0 Å². The van der Waals surface area contributed by atoms with Crippen LogP contribution in [0.2, 0.25) is 0 Å². The van der Waals surface area contributed by atoms with Crippen molar-refractivity contribution < 1.29 is 9.90 Å². The first-order valence-electron chi connectivity index (χ1n) is 9.57. The Morgan fingerprint density at radius 1 is 0.931 bits per heavy atom. The van der Waals surface area contributed by atoms with Crippen molar-refractivity contribution in [2.45, 2.75) is 17.5 Å². The zero-order valence-corrected chi connectivity index (χ0v) is 16.7. The maximum Gasteiger partial charge on any atom is 0.241 e. The molecule has 5 heteroatoms. The molecule has 144 valence electrons. The van der Waals surface area contributed by atoms with E-state index in [1.54, 1.807) is 23.9 Å². The summed E-state index contributed by atoms with van der Waals surface area (Å²) in [4.78, 5) is 18.8. The Hall–Kier alpha value is -3.18. The third-order valence-corrected chi connectivity index (χ3v) is 6.66. The van der Waals surface area contributed by atoms with Crippen molar-refractivity contribution in [1.82, 2.24) is 4.98 Å². The fourth-order valence-electron chi connectivity index (χ4n) is 3.91. The lowest BCUT2D eigenvalue weighted by Crippen LogP contribution is -2.30. The molecule has 2 unspecified atom stereocenters. The molecule has 2 atom stereocenters. The molecule has 2 N–H and O–H groups in total. The van der Waals surface area contributed by atoms with E-state index in [0.717, 1.165) is 33.4 Å². The van der Waals surface area contributed by atoms with Gasteiger partial charge >= 0.3 is 0 Å². The number of aromatic hydroxyl groups is 1. The fourth-order valence-corrected chi connectivity index (χ4v) is 5.17. The van der Waals surface area contributed by atoms with Gasteiger partial charge in [0.25, 0.3) is 0 Å². The second-order valence-electron chi connectivity index (χ2n) is 7.19. The van der Waals surface area contributed by atoms with Crippen LogP contribution in [0.3, 0.4) is 0 Å². The van der Waals surface area contributed by atoms with E-state index in [9.17, 15) is 9.90 Å². The minimum atomic E-state index is -0.153. The Kier molecular flexibility index (Phi) is 4.32. The van der Waals surface area contributed by atoms with Crippen molar-refractivity contribution in [3.63, 3.8) is 0 Å².